The Hall–Kier alpha value is -1.51. The number of halogens is 1. The van der Waals surface area contributed by atoms with Gasteiger partial charge in [-0.05, 0) is 44.2 Å². The minimum absolute atomic E-state index is 0. The van der Waals surface area contributed by atoms with Gasteiger partial charge in [-0.15, -0.1) is 24.0 Å². The van der Waals surface area contributed by atoms with Crippen LogP contribution < -0.4 is 20.3 Å². The first-order chi connectivity index (χ1) is 12.6. The number of anilines is 1. The van der Waals surface area contributed by atoms with E-state index in [1.807, 2.05) is 24.3 Å². The number of nitrogens with zero attached hydrogens (tertiary/aromatic N) is 2. The SMILES string of the molecule is CCNC(=NCCCN1C(=O)COc2ccccc21)NCCCC(C)C.I. The number of guanidine groups is 1. The molecule has 1 aromatic rings. The number of aliphatic imine (C=N–C) groups is 1. The van der Waals surface area contributed by atoms with Gasteiger partial charge in [0.25, 0.3) is 5.91 Å². The Kier molecular flexibility index (Phi) is 11.2. The number of nitrogens with one attached hydrogen (secondary N) is 2. The molecule has 0 saturated carbocycles. The first-order valence-corrected chi connectivity index (χ1v) is 9.66. The Bertz CT molecular complexity index is 607. The van der Waals surface area contributed by atoms with Crippen molar-refractivity contribution in [3.05, 3.63) is 24.3 Å². The molecule has 1 aliphatic heterocycles. The van der Waals surface area contributed by atoms with Crippen LogP contribution in [-0.2, 0) is 4.79 Å². The molecule has 0 radical (unpaired) electrons. The van der Waals surface area contributed by atoms with E-state index in [1.165, 1.54) is 6.42 Å². The molecule has 1 amide bonds. The van der Waals surface area contributed by atoms with Gasteiger partial charge in [-0.3, -0.25) is 9.79 Å². The molecule has 6 nitrogen and oxygen atoms in total. The molecule has 152 valence electrons. The van der Waals surface area contributed by atoms with Crippen LogP contribution in [0.25, 0.3) is 0 Å². The number of ether oxygens (including phenoxy) is 1. The third-order valence-corrected chi connectivity index (χ3v) is 4.21. The second kappa shape index (κ2) is 12.8. The van der Waals surface area contributed by atoms with E-state index in [-0.39, 0.29) is 36.5 Å². The van der Waals surface area contributed by atoms with Gasteiger partial charge >= 0.3 is 0 Å². The maximum Gasteiger partial charge on any atom is 0.265 e. The number of benzene rings is 1. The number of amides is 1. The van der Waals surface area contributed by atoms with Crippen molar-refractivity contribution in [1.29, 1.82) is 0 Å². The van der Waals surface area contributed by atoms with Gasteiger partial charge in [0, 0.05) is 26.2 Å². The molecule has 2 rings (SSSR count). The Morgan fingerprint density at radius 2 is 2.04 bits per heavy atom. The molecule has 1 heterocycles. The summed E-state index contributed by atoms with van der Waals surface area (Å²) in [6.45, 7) is 9.75. The number of carbonyl (C=O) groups is 1. The van der Waals surface area contributed by atoms with E-state index in [1.54, 1.807) is 4.90 Å². The maximum absolute atomic E-state index is 12.2. The van der Waals surface area contributed by atoms with Crippen molar-refractivity contribution in [2.24, 2.45) is 10.9 Å². The number of hydrogen-bond acceptors (Lipinski definition) is 3. The van der Waals surface area contributed by atoms with Gasteiger partial charge in [0.05, 0.1) is 5.69 Å². The first-order valence-electron chi connectivity index (χ1n) is 9.66. The van der Waals surface area contributed by atoms with Gasteiger partial charge in [-0.25, -0.2) is 0 Å². The van der Waals surface area contributed by atoms with Crippen LogP contribution in [0.2, 0.25) is 0 Å². The summed E-state index contributed by atoms with van der Waals surface area (Å²) in [5, 5.41) is 6.65. The maximum atomic E-state index is 12.2. The van der Waals surface area contributed by atoms with Gasteiger partial charge in [-0.1, -0.05) is 26.0 Å². The number of para-hydroxylation sites is 2. The second-order valence-electron chi connectivity index (χ2n) is 6.88. The largest absolute Gasteiger partial charge is 0.482 e. The highest BCUT2D eigenvalue weighted by Gasteiger charge is 2.24. The van der Waals surface area contributed by atoms with Crippen LogP contribution in [0.15, 0.2) is 29.3 Å². The number of carbonyl (C=O) groups excluding carboxylic acids is 1. The van der Waals surface area contributed by atoms with Gasteiger partial charge in [0.15, 0.2) is 12.6 Å². The Balaban J connectivity index is 0.00000364. The van der Waals surface area contributed by atoms with Crippen molar-refractivity contribution < 1.29 is 9.53 Å². The fraction of sp³-hybridized carbons (Fsp3) is 0.600. The molecule has 2 N–H and O–H groups in total. The first kappa shape index (κ1) is 23.5. The van der Waals surface area contributed by atoms with Gasteiger partial charge in [0.1, 0.15) is 5.75 Å². The van der Waals surface area contributed by atoms with Crippen LogP contribution in [0.5, 0.6) is 5.75 Å². The average molecular weight is 488 g/mol. The smallest absolute Gasteiger partial charge is 0.265 e. The summed E-state index contributed by atoms with van der Waals surface area (Å²) >= 11 is 0. The molecule has 0 fully saturated rings. The van der Waals surface area contributed by atoms with E-state index >= 15 is 0 Å². The molecule has 0 aliphatic carbocycles. The van der Waals surface area contributed by atoms with E-state index in [9.17, 15) is 4.79 Å². The van der Waals surface area contributed by atoms with E-state index in [0.717, 1.165) is 49.2 Å². The average Bonchev–Trinajstić information content (AvgIpc) is 2.63. The van der Waals surface area contributed by atoms with Crippen molar-refractivity contribution in [1.82, 2.24) is 10.6 Å². The summed E-state index contributed by atoms with van der Waals surface area (Å²) in [5.41, 5.74) is 0.853. The Labute approximate surface area is 180 Å². The number of rotatable bonds is 9. The standard InChI is InChI=1S/C20H32N4O2.HI/c1-4-21-20(22-12-7-9-16(2)3)23-13-8-14-24-17-10-5-6-11-18(17)26-15-19(24)25;/h5-6,10-11,16H,4,7-9,12-15H2,1-3H3,(H2,21,22,23);1H. The molecule has 27 heavy (non-hydrogen) atoms. The topological polar surface area (TPSA) is 66.0 Å². The second-order valence-corrected chi connectivity index (χ2v) is 6.88. The Morgan fingerprint density at radius 1 is 1.26 bits per heavy atom. The lowest BCUT2D eigenvalue weighted by atomic mass is 10.1. The van der Waals surface area contributed by atoms with Crippen LogP contribution in [0, 0.1) is 5.92 Å². The normalized spacial score (nSPS) is 13.7. The van der Waals surface area contributed by atoms with Crippen LogP contribution in [-0.4, -0.2) is 44.7 Å². The number of fused-ring (bicyclic) bond motifs is 1. The summed E-state index contributed by atoms with van der Waals surface area (Å²) in [6.07, 6.45) is 3.16. The third-order valence-electron chi connectivity index (χ3n) is 4.21. The lowest BCUT2D eigenvalue weighted by Gasteiger charge is -2.29. The van der Waals surface area contributed by atoms with Crippen LogP contribution in [0.1, 0.15) is 40.0 Å². The lowest BCUT2D eigenvalue weighted by Crippen LogP contribution is -2.40. The molecule has 7 heteroatoms. The van der Waals surface area contributed by atoms with E-state index in [4.69, 9.17) is 4.74 Å². The Morgan fingerprint density at radius 3 is 2.78 bits per heavy atom. The van der Waals surface area contributed by atoms with Crippen molar-refractivity contribution in [3.8, 4) is 5.75 Å². The molecule has 1 aromatic carbocycles. The van der Waals surface area contributed by atoms with Crippen LogP contribution in [0.4, 0.5) is 5.69 Å². The van der Waals surface area contributed by atoms with Crippen molar-refractivity contribution >= 4 is 41.5 Å². The molecule has 0 unspecified atom stereocenters. The minimum atomic E-state index is 0. The van der Waals surface area contributed by atoms with E-state index in [2.05, 4.69) is 36.4 Å². The molecule has 0 bridgehead atoms. The summed E-state index contributed by atoms with van der Waals surface area (Å²) in [4.78, 5) is 18.6. The van der Waals surface area contributed by atoms with Crippen molar-refractivity contribution in [3.63, 3.8) is 0 Å². The molecular weight excluding hydrogens is 455 g/mol. The zero-order valence-electron chi connectivity index (χ0n) is 16.7. The van der Waals surface area contributed by atoms with E-state index in [0.29, 0.717) is 13.1 Å². The monoisotopic (exact) mass is 488 g/mol. The fourth-order valence-corrected chi connectivity index (χ4v) is 2.88. The summed E-state index contributed by atoms with van der Waals surface area (Å²) in [6, 6.07) is 7.67. The highest BCUT2D eigenvalue weighted by molar-refractivity contribution is 14.0. The molecular formula is C20H33IN4O2. The molecule has 0 aromatic heterocycles. The van der Waals surface area contributed by atoms with E-state index < -0.39 is 0 Å². The zero-order chi connectivity index (χ0) is 18.8. The molecule has 0 spiro atoms. The predicted octanol–water partition coefficient (Wildman–Crippen LogP) is 3.41. The van der Waals surface area contributed by atoms with Crippen LogP contribution in [0.3, 0.4) is 0 Å². The molecule has 0 atom stereocenters. The van der Waals surface area contributed by atoms with Crippen molar-refractivity contribution in [2.45, 2.75) is 40.0 Å². The fourth-order valence-electron chi connectivity index (χ4n) is 2.88. The summed E-state index contributed by atoms with van der Waals surface area (Å²) in [5.74, 6) is 2.36. The van der Waals surface area contributed by atoms with Crippen molar-refractivity contribution in [2.75, 3.05) is 37.7 Å². The predicted molar refractivity (Wildman–Crippen MR) is 122 cm³/mol. The van der Waals surface area contributed by atoms with Gasteiger partial charge in [0.2, 0.25) is 0 Å². The summed E-state index contributed by atoms with van der Waals surface area (Å²) < 4.78 is 5.48. The minimum Gasteiger partial charge on any atom is -0.482 e. The van der Waals surface area contributed by atoms with Gasteiger partial charge < -0.3 is 20.3 Å². The van der Waals surface area contributed by atoms with Crippen LogP contribution >= 0.6 is 24.0 Å². The highest BCUT2D eigenvalue weighted by atomic mass is 127. The lowest BCUT2D eigenvalue weighted by molar-refractivity contribution is -0.121. The quantitative estimate of drug-likeness (QED) is 0.242. The van der Waals surface area contributed by atoms with Gasteiger partial charge in [-0.2, -0.15) is 0 Å². The zero-order valence-corrected chi connectivity index (χ0v) is 19.0. The molecule has 1 aliphatic rings. The molecule has 0 saturated heterocycles. The highest BCUT2D eigenvalue weighted by Crippen LogP contribution is 2.31. The third kappa shape index (κ3) is 7.94. The number of hydrogen-bond donors (Lipinski definition) is 2. The summed E-state index contributed by atoms with van der Waals surface area (Å²) in [7, 11) is 0.